The number of hydrogen-bond donors (Lipinski definition) is 0. The van der Waals surface area contributed by atoms with Gasteiger partial charge in [0.1, 0.15) is 0 Å². The Kier molecular flexibility index (Phi) is 6.15. The van der Waals surface area contributed by atoms with Gasteiger partial charge in [0.15, 0.2) is 17.1 Å². The van der Waals surface area contributed by atoms with Gasteiger partial charge in [-0.3, -0.25) is 0 Å². The lowest BCUT2D eigenvalue weighted by atomic mass is 10.0. The summed E-state index contributed by atoms with van der Waals surface area (Å²) in [7, 11) is 0. The lowest BCUT2D eigenvalue weighted by molar-refractivity contribution is 1.18. The van der Waals surface area contributed by atoms with Crippen molar-refractivity contribution in [3.63, 3.8) is 0 Å². The predicted octanol–water partition coefficient (Wildman–Crippen LogP) is 11.5. The van der Waals surface area contributed by atoms with Gasteiger partial charge in [-0.25, -0.2) is 15.0 Å². The Morgan fingerprint density at radius 3 is 1.33 bits per heavy atom. The van der Waals surface area contributed by atoms with Gasteiger partial charge in [0.05, 0.1) is 11.0 Å². The van der Waals surface area contributed by atoms with Crippen LogP contribution < -0.4 is 0 Å². The lowest BCUT2D eigenvalue weighted by Crippen LogP contribution is -1.94. The van der Waals surface area contributed by atoms with Crippen LogP contribution in [0, 0.1) is 0 Å². The van der Waals surface area contributed by atoms with Gasteiger partial charge in [-0.1, -0.05) is 109 Å². The first-order valence-electron chi connectivity index (χ1n) is 16.5. The summed E-state index contributed by atoms with van der Waals surface area (Å²) >= 11 is 0. The van der Waals surface area contributed by atoms with E-state index < -0.39 is 0 Å². The Morgan fingerprint density at radius 2 is 0.755 bits per heavy atom. The quantitative estimate of drug-likeness (QED) is 0.192. The molecule has 0 amide bonds. The molecule has 3 aromatic heterocycles. The number of rotatable bonds is 2. The smallest absolute Gasteiger partial charge is 0.164 e. The minimum atomic E-state index is 0.642. The molecule has 0 fully saturated rings. The van der Waals surface area contributed by atoms with Gasteiger partial charge >= 0.3 is 0 Å². The largest absolute Gasteiger partial charge is 0.309 e. The summed E-state index contributed by atoms with van der Waals surface area (Å²) in [4.78, 5) is 15.2. The van der Waals surface area contributed by atoms with Crippen LogP contribution in [0.1, 0.15) is 0 Å². The van der Waals surface area contributed by atoms with Gasteiger partial charge in [-0.05, 0) is 93.0 Å². The van der Waals surface area contributed by atoms with Crippen LogP contribution in [0.4, 0.5) is 0 Å². The monoisotopic (exact) mass is 624 g/mol. The number of fused-ring (bicyclic) bond motifs is 15. The van der Waals surface area contributed by atoms with E-state index in [0.717, 1.165) is 49.2 Å². The third-order valence-corrected chi connectivity index (χ3v) is 9.55. The second kappa shape index (κ2) is 11.0. The molecule has 228 valence electrons. The molecule has 0 aliphatic rings. The highest BCUT2D eigenvalue weighted by molar-refractivity contribution is 6.14. The molecule has 7 aromatic carbocycles. The van der Waals surface area contributed by atoms with Crippen molar-refractivity contribution in [2.45, 2.75) is 0 Å². The first-order valence-corrected chi connectivity index (χ1v) is 16.5. The topological polar surface area (TPSA) is 43.6 Å². The fourth-order valence-corrected chi connectivity index (χ4v) is 7.14. The number of aromatic nitrogens is 4. The highest BCUT2D eigenvalue weighted by Gasteiger charge is 2.14. The van der Waals surface area contributed by atoms with E-state index in [9.17, 15) is 0 Å². The molecule has 4 nitrogen and oxygen atoms in total. The molecule has 10 aromatic rings. The Bertz CT molecular complexity index is 2980. The summed E-state index contributed by atoms with van der Waals surface area (Å²) in [6.07, 6.45) is 0. The third-order valence-electron chi connectivity index (χ3n) is 9.55. The van der Waals surface area contributed by atoms with Crippen LogP contribution in [0.2, 0.25) is 0 Å². The molecular weight excluding hydrogens is 597 g/mol. The van der Waals surface area contributed by atoms with Crippen molar-refractivity contribution in [2.75, 3.05) is 0 Å². The minimum Gasteiger partial charge on any atom is -0.309 e. The Hall–Kier alpha value is -6.65. The SMILES string of the molecule is c1ccc(-c2nc3nc(n2)c2ccc4c(c2)c2cc(ccc2n4-c2ccccc2)c2cccc(c2)c2cccc(c2)c2cccc3c2)cc1. The standard InChI is InChI=1S/C45H28N4/c1-3-10-29(11-4-1)43-46-44-36-17-9-16-34(26-36)32-14-7-12-30(24-32)31-13-8-15-33(25-31)35-20-22-41-39(27-35)40-28-37(45(47-43)48-44)21-23-42(40)49(41)38-18-5-2-6-19-38/h1-28H. The van der Waals surface area contributed by atoms with E-state index in [-0.39, 0.29) is 0 Å². The van der Waals surface area contributed by atoms with Crippen molar-refractivity contribution >= 4 is 76.2 Å². The summed E-state index contributed by atoms with van der Waals surface area (Å²) in [5.74, 6) is 0.648. The minimum absolute atomic E-state index is 0.642. The maximum atomic E-state index is 5.14. The molecule has 49 heavy (non-hydrogen) atoms. The Morgan fingerprint density at radius 1 is 0.327 bits per heavy atom. The maximum absolute atomic E-state index is 5.14. The van der Waals surface area contributed by atoms with Crippen molar-refractivity contribution in [3.05, 3.63) is 170 Å². The molecule has 0 aliphatic carbocycles. The fourth-order valence-electron chi connectivity index (χ4n) is 7.14. The van der Waals surface area contributed by atoms with E-state index in [1.54, 1.807) is 0 Å². The van der Waals surface area contributed by atoms with Gasteiger partial charge in [0, 0.05) is 32.8 Å². The zero-order chi connectivity index (χ0) is 32.3. The number of benzene rings is 7. The third kappa shape index (κ3) is 4.65. The molecule has 0 saturated carbocycles. The lowest BCUT2D eigenvalue weighted by Gasteiger charge is -2.07. The molecule has 0 spiro atoms. The van der Waals surface area contributed by atoms with E-state index >= 15 is 0 Å². The molecule has 12 bridgehead atoms. The van der Waals surface area contributed by atoms with Gasteiger partial charge < -0.3 is 4.57 Å². The van der Waals surface area contributed by atoms with Crippen molar-refractivity contribution in [1.82, 2.24) is 19.5 Å². The zero-order valence-electron chi connectivity index (χ0n) is 26.5. The normalized spacial score (nSPS) is 11.7. The summed E-state index contributed by atoms with van der Waals surface area (Å²) in [5.41, 5.74) is 5.64. The molecule has 3 heterocycles. The van der Waals surface area contributed by atoms with Gasteiger partial charge in [0.25, 0.3) is 0 Å². The average Bonchev–Trinajstić information content (AvgIpc) is 3.51. The average molecular weight is 625 g/mol. The van der Waals surface area contributed by atoms with Crippen LogP contribution in [0.15, 0.2) is 170 Å². The highest BCUT2D eigenvalue weighted by Crippen LogP contribution is 2.35. The van der Waals surface area contributed by atoms with Gasteiger partial charge in [0.2, 0.25) is 0 Å². The molecule has 4 heteroatoms. The van der Waals surface area contributed by atoms with E-state index in [0.29, 0.717) is 17.1 Å². The first-order chi connectivity index (χ1) is 24.2. The fraction of sp³-hybridized carbons (Fsp3) is 0. The van der Waals surface area contributed by atoms with Crippen molar-refractivity contribution in [3.8, 4) is 17.1 Å². The first kappa shape index (κ1) is 27.5. The van der Waals surface area contributed by atoms with Crippen LogP contribution in [0.5, 0.6) is 0 Å². The van der Waals surface area contributed by atoms with E-state index in [1.165, 1.54) is 26.9 Å². The van der Waals surface area contributed by atoms with E-state index in [2.05, 4.69) is 156 Å². The van der Waals surface area contributed by atoms with Crippen LogP contribution in [0.3, 0.4) is 0 Å². The van der Waals surface area contributed by atoms with E-state index in [1.807, 2.05) is 18.2 Å². The van der Waals surface area contributed by atoms with Crippen LogP contribution in [0.25, 0.3) is 93.3 Å². The second-order valence-corrected chi connectivity index (χ2v) is 12.5. The zero-order valence-corrected chi connectivity index (χ0v) is 26.5. The second-order valence-electron chi connectivity index (χ2n) is 12.5. The van der Waals surface area contributed by atoms with Crippen LogP contribution in [-0.2, 0) is 0 Å². The molecule has 0 N–H and O–H groups in total. The Labute approximate surface area is 281 Å². The summed E-state index contributed by atoms with van der Waals surface area (Å²) in [5, 5.41) is 11.2. The summed E-state index contributed by atoms with van der Waals surface area (Å²) < 4.78 is 2.35. The Balaban J connectivity index is 1.42. The molecule has 0 unspecified atom stereocenters. The van der Waals surface area contributed by atoms with Crippen molar-refractivity contribution in [2.24, 2.45) is 0 Å². The molecule has 0 radical (unpaired) electrons. The van der Waals surface area contributed by atoms with Crippen LogP contribution in [-0.4, -0.2) is 19.5 Å². The summed E-state index contributed by atoms with van der Waals surface area (Å²) in [6, 6.07) is 60.3. The van der Waals surface area contributed by atoms with Gasteiger partial charge in [-0.2, -0.15) is 0 Å². The maximum Gasteiger partial charge on any atom is 0.164 e. The van der Waals surface area contributed by atoms with Crippen molar-refractivity contribution < 1.29 is 0 Å². The predicted molar refractivity (Wildman–Crippen MR) is 205 cm³/mol. The highest BCUT2D eigenvalue weighted by atomic mass is 15.0. The van der Waals surface area contributed by atoms with E-state index in [4.69, 9.17) is 15.0 Å². The summed E-state index contributed by atoms with van der Waals surface area (Å²) in [6.45, 7) is 0. The van der Waals surface area contributed by atoms with Gasteiger partial charge in [-0.15, -0.1) is 0 Å². The molecule has 0 saturated heterocycles. The number of nitrogens with zero attached hydrogens (tertiary/aromatic N) is 4. The molecule has 10 rings (SSSR count). The number of hydrogen-bond acceptors (Lipinski definition) is 3. The molecule has 0 atom stereocenters. The molecular formula is C45H28N4. The molecule has 0 aliphatic heterocycles. The van der Waals surface area contributed by atoms with Crippen molar-refractivity contribution in [1.29, 1.82) is 0 Å². The number of para-hydroxylation sites is 1. The van der Waals surface area contributed by atoms with Crippen LogP contribution >= 0.6 is 0 Å².